The average molecular weight is 477 g/mol. The van der Waals surface area contributed by atoms with Gasteiger partial charge in [0.1, 0.15) is 12.2 Å². The quantitative estimate of drug-likeness (QED) is 0.451. The largest absolute Gasteiger partial charge is 0.470 e. The standard InChI is InChI=1S/C22H30FO8P/c1-12-8-16-15-5-4-13-9-14(24)6-7-19(13,2)21(15,23)17(25)10-20(16,3)22(12,27)18(26)11-31-32(28,29)30/h6-7,9,12,15-17,25,27H,4-5,8,10-11H2,1-3H3,(H2,28,29,30)/t12-,15+,16+,17+,19+,20+,21+,22+/m1/s1/i4D,9D,10D2,17D/t4?,12-,15+,16+,17+,19+,20+,21+,22+. The third-order valence-corrected chi connectivity index (χ3v) is 8.54. The molecule has 8 nitrogen and oxygen atoms in total. The predicted octanol–water partition coefficient (Wildman–Crippen LogP) is 2.01. The fourth-order valence-electron chi connectivity index (χ4n) is 6.36. The van der Waals surface area contributed by atoms with Crippen LogP contribution in [0.1, 0.15) is 53.2 Å². The van der Waals surface area contributed by atoms with Crippen LogP contribution in [0, 0.1) is 28.6 Å². The average Bonchev–Trinajstić information content (AvgIpc) is 2.99. The maximum Gasteiger partial charge on any atom is 0.470 e. The first-order valence-electron chi connectivity index (χ1n) is 12.9. The van der Waals surface area contributed by atoms with Gasteiger partial charge in [0.15, 0.2) is 17.2 Å². The highest BCUT2D eigenvalue weighted by Crippen LogP contribution is 2.70. The molecule has 0 aromatic rings. The van der Waals surface area contributed by atoms with Gasteiger partial charge in [0.2, 0.25) is 0 Å². The maximum absolute atomic E-state index is 17.6. The minimum Gasteiger partial charge on any atom is -0.390 e. The van der Waals surface area contributed by atoms with Crippen LogP contribution in [0.2, 0.25) is 0 Å². The summed E-state index contributed by atoms with van der Waals surface area (Å²) in [5, 5.41) is 23.3. The number of ketones is 2. The number of carbonyl (C=O) groups excluding carboxylic acids is 2. The summed E-state index contributed by atoms with van der Waals surface area (Å²) in [5.74, 6) is -5.92. The Morgan fingerprint density at radius 2 is 2.09 bits per heavy atom. The van der Waals surface area contributed by atoms with Crippen LogP contribution >= 0.6 is 7.82 Å². The van der Waals surface area contributed by atoms with E-state index in [1.807, 2.05) is 0 Å². The summed E-state index contributed by atoms with van der Waals surface area (Å²) in [5.41, 5.74) is -10.7. The minimum atomic E-state index is -5.16. The Bertz CT molecular complexity index is 1190. The first-order chi connectivity index (χ1) is 16.6. The summed E-state index contributed by atoms with van der Waals surface area (Å²) in [6.07, 6.45) is -7.03. The van der Waals surface area contributed by atoms with Gasteiger partial charge < -0.3 is 20.0 Å². The number of Topliss-reactive ketones (excluding diaryl/α,β-unsaturated/α-hetero) is 1. The molecular weight excluding hydrogens is 442 g/mol. The molecule has 4 rings (SSSR count). The van der Waals surface area contributed by atoms with Crippen molar-refractivity contribution in [1.82, 2.24) is 0 Å². The zero-order valence-electron chi connectivity index (χ0n) is 22.8. The maximum atomic E-state index is 17.6. The van der Waals surface area contributed by atoms with Gasteiger partial charge in [-0.05, 0) is 56.5 Å². The lowest BCUT2D eigenvalue weighted by molar-refractivity contribution is -0.219. The summed E-state index contributed by atoms with van der Waals surface area (Å²) in [7, 11) is -5.16. The summed E-state index contributed by atoms with van der Waals surface area (Å²) < 4.78 is 76.6. The van der Waals surface area contributed by atoms with E-state index < -0.39 is 97.2 Å². The van der Waals surface area contributed by atoms with E-state index in [0.717, 1.165) is 19.1 Å². The predicted molar refractivity (Wildman–Crippen MR) is 111 cm³/mol. The highest BCUT2D eigenvalue weighted by atomic mass is 31.2. The van der Waals surface area contributed by atoms with Crippen molar-refractivity contribution in [3.8, 4) is 0 Å². The number of hydrogen-bond donors (Lipinski definition) is 4. The van der Waals surface area contributed by atoms with Crippen molar-refractivity contribution in [2.45, 2.75) is 63.7 Å². The summed E-state index contributed by atoms with van der Waals surface area (Å²) in [4.78, 5) is 43.5. The molecule has 3 fully saturated rings. The number of phosphoric ester groups is 1. The van der Waals surface area contributed by atoms with Crippen molar-refractivity contribution in [3.63, 3.8) is 0 Å². The van der Waals surface area contributed by atoms with E-state index in [1.165, 1.54) is 13.8 Å². The molecule has 4 aliphatic rings. The van der Waals surface area contributed by atoms with Crippen LogP contribution in [0.15, 0.2) is 23.8 Å². The topological polar surface area (TPSA) is 141 Å². The zero-order chi connectivity index (χ0) is 28.4. The lowest BCUT2D eigenvalue weighted by Gasteiger charge is -2.62. The fraction of sp³-hybridized carbons (Fsp3) is 0.727. The lowest BCUT2D eigenvalue weighted by Crippen LogP contribution is -2.69. The van der Waals surface area contributed by atoms with Gasteiger partial charge in [-0.15, -0.1) is 0 Å². The number of hydrogen-bond acceptors (Lipinski definition) is 6. The number of rotatable bonds is 4. The van der Waals surface area contributed by atoms with E-state index in [0.29, 0.717) is 0 Å². The molecule has 0 spiro atoms. The van der Waals surface area contributed by atoms with Crippen molar-refractivity contribution in [2.24, 2.45) is 28.6 Å². The molecule has 4 N–H and O–H groups in total. The summed E-state index contributed by atoms with van der Waals surface area (Å²) >= 11 is 0. The SMILES string of the molecule is [2H]C1=C2C([2H])C[C@H]3[C@@H]4C[C@@H](C)[C@](O)(C(=O)COP(=O)(O)O)[C@@]4(C)C([2H])([2H])[C@]([2H])(O)[C@]3(F)[C@@]2(C)C=CC1=O. The second-order valence-corrected chi connectivity index (χ2v) is 10.8. The Labute approximate surface area is 192 Å². The monoisotopic (exact) mass is 477 g/mol. The van der Waals surface area contributed by atoms with E-state index in [-0.39, 0.29) is 12.0 Å². The van der Waals surface area contributed by atoms with Gasteiger partial charge in [0.05, 0.1) is 8.82 Å². The molecule has 4 aliphatic carbocycles. The number of aliphatic hydroxyl groups is 2. The number of fused-ring (bicyclic) bond motifs is 5. The molecule has 0 amide bonds. The number of allylic oxidation sites excluding steroid dienone is 4. The van der Waals surface area contributed by atoms with E-state index in [2.05, 4.69) is 4.52 Å². The third kappa shape index (κ3) is 2.95. The molecule has 0 aromatic carbocycles. The first-order valence-corrected chi connectivity index (χ1v) is 11.8. The Hall–Kier alpha value is -1.22. The van der Waals surface area contributed by atoms with Gasteiger partial charge in [0.25, 0.3) is 0 Å². The van der Waals surface area contributed by atoms with Crippen LogP contribution in [0.4, 0.5) is 4.39 Å². The molecule has 9 atom stereocenters. The smallest absolute Gasteiger partial charge is 0.390 e. The van der Waals surface area contributed by atoms with Gasteiger partial charge in [0, 0.05) is 20.9 Å². The van der Waals surface area contributed by atoms with Crippen molar-refractivity contribution in [2.75, 3.05) is 6.61 Å². The van der Waals surface area contributed by atoms with E-state index in [1.54, 1.807) is 0 Å². The molecule has 0 bridgehead atoms. The Morgan fingerprint density at radius 1 is 1.44 bits per heavy atom. The molecule has 178 valence electrons. The Balaban J connectivity index is 1.96. The van der Waals surface area contributed by atoms with Crippen molar-refractivity contribution >= 4 is 19.4 Å². The molecular formula is C22H30FO8P. The number of alkyl halides is 1. The van der Waals surface area contributed by atoms with Crippen LogP contribution < -0.4 is 0 Å². The van der Waals surface area contributed by atoms with Crippen LogP contribution in [0.5, 0.6) is 0 Å². The van der Waals surface area contributed by atoms with Crippen LogP contribution in [0.3, 0.4) is 0 Å². The molecule has 0 aromatic heterocycles. The van der Waals surface area contributed by atoms with Gasteiger partial charge in [-0.3, -0.25) is 14.1 Å². The number of carbonyl (C=O) groups is 2. The fourth-order valence-corrected chi connectivity index (χ4v) is 6.65. The normalized spacial score (nSPS) is 56.8. The van der Waals surface area contributed by atoms with Crippen LogP contribution in [-0.2, 0) is 18.7 Å². The molecule has 0 aliphatic heterocycles. The summed E-state index contributed by atoms with van der Waals surface area (Å²) in [6, 6.07) is -0.661. The minimum absolute atomic E-state index is 0.182. The second-order valence-electron chi connectivity index (χ2n) is 9.57. The third-order valence-electron chi connectivity index (χ3n) is 8.08. The molecule has 0 radical (unpaired) electrons. The van der Waals surface area contributed by atoms with Gasteiger partial charge in [-0.25, -0.2) is 8.96 Å². The molecule has 3 saturated carbocycles. The molecule has 0 heterocycles. The Morgan fingerprint density at radius 3 is 2.72 bits per heavy atom. The highest BCUT2D eigenvalue weighted by Gasteiger charge is 2.75. The summed E-state index contributed by atoms with van der Waals surface area (Å²) in [6.45, 7) is 2.37. The van der Waals surface area contributed by atoms with Gasteiger partial charge >= 0.3 is 7.82 Å². The number of phosphoric acid groups is 1. The highest BCUT2D eigenvalue weighted by molar-refractivity contribution is 7.46. The van der Waals surface area contributed by atoms with E-state index >= 15 is 4.39 Å². The van der Waals surface area contributed by atoms with Crippen LogP contribution in [-0.4, -0.2) is 55.5 Å². The first kappa shape index (κ1) is 18.2. The van der Waals surface area contributed by atoms with Crippen molar-refractivity contribution in [1.29, 1.82) is 0 Å². The van der Waals surface area contributed by atoms with Crippen molar-refractivity contribution < 1.29 is 49.9 Å². The van der Waals surface area contributed by atoms with Crippen molar-refractivity contribution in [3.05, 3.63) is 23.8 Å². The van der Waals surface area contributed by atoms with E-state index in [4.69, 9.17) is 16.6 Å². The second kappa shape index (κ2) is 7.14. The molecule has 32 heavy (non-hydrogen) atoms. The molecule has 10 heteroatoms. The zero-order valence-corrected chi connectivity index (χ0v) is 18.7. The van der Waals surface area contributed by atoms with Gasteiger partial charge in [-0.2, -0.15) is 0 Å². The lowest BCUT2D eigenvalue weighted by atomic mass is 9.44. The molecule has 1 unspecified atom stereocenters. The van der Waals surface area contributed by atoms with Crippen LogP contribution in [0.25, 0.3) is 0 Å². The number of halogens is 1. The Kier molecular flexibility index (Phi) is 4.05. The van der Waals surface area contributed by atoms with E-state index in [9.17, 15) is 24.4 Å². The van der Waals surface area contributed by atoms with Gasteiger partial charge in [-0.1, -0.05) is 25.5 Å². The molecule has 0 saturated heterocycles.